The Labute approximate surface area is 148 Å². The summed E-state index contributed by atoms with van der Waals surface area (Å²) in [5, 5.41) is 7.52. The summed E-state index contributed by atoms with van der Waals surface area (Å²) in [5.41, 5.74) is 1.01. The van der Waals surface area contributed by atoms with Crippen molar-refractivity contribution in [2.24, 2.45) is 4.99 Å². The Morgan fingerprint density at radius 2 is 2.00 bits per heavy atom. The molecule has 0 amide bonds. The molecule has 0 aromatic carbocycles. The van der Waals surface area contributed by atoms with Crippen molar-refractivity contribution in [1.82, 2.24) is 25.2 Å². The molecule has 7 nitrogen and oxygen atoms in total. The molecule has 2 aliphatic heterocycles. The van der Waals surface area contributed by atoms with Crippen LogP contribution in [0.2, 0.25) is 0 Å². The number of guanidine groups is 1. The molecular weight excluding hydrogens is 324 g/mol. The Hall–Kier alpha value is -1.25. The number of piperazine rings is 1. The third kappa shape index (κ3) is 5.12. The second kappa shape index (κ2) is 9.29. The fourth-order valence-corrected chi connectivity index (χ4v) is 4.13. The van der Waals surface area contributed by atoms with E-state index in [1.54, 1.807) is 6.26 Å². The van der Waals surface area contributed by atoms with Gasteiger partial charge in [-0.15, -0.1) is 0 Å². The molecule has 3 heterocycles. The zero-order valence-electron chi connectivity index (χ0n) is 14.5. The fraction of sp³-hybridized carbons (Fsp3) is 0.750. The summed E-state index contributed by atoms with van der Waals surface area (Å²) >= 11 is 2.06. The molecule has 0 bridgehead atoms. The van der Waals surface area contributed by atoms with Gasteiger partial charge >= 0.3 is 0 Å². The van der Waals surface area contributed by atoms with Gasteiger partial charge in [0, 0.05) is 83.5 Å². The maximum absolute atomic E-state index is 4.91. The smallest absolute Gasteiger partial charge is 0.193 e. The van der Waals surface area contributed by atoms with Gasteiger partial charge in [-0.25, -0.2) is 0 Å². The van der Waals surface area contributed by atoms with E-state index < -0.39 is 0 Å². The van der Waals surface area contributed by atoms with Crippen molar-refractivity contribution in [3.63, 3.8) is 0 Å². The van der Waals surface area contributed by atoms with Crippen LogP contribution in [0.25, 0.3) is 0 Å². The molecule has 1 aromatic rings. The maximum Gasteiger partial charge on any atom is 0.193 e. The molecule has 3 rings (SSSR count). The molecule has 2 aliphatic rings. The van der Waals surface area contributed by atoms with Crippen LogP contribution in [0.3, 0.4) is 0 Å². The average Bonchev–Trinajstić information content (AvgIpc) is 3.14. The molecule has 0 saturated carbocycles. The number of hydrogen-bond donors (Lipinski definition) is 1. The SMILES string of the molecule is CN=C(NCCN1CCSCC1)N1CCN(Cc2ccon2)CC1. The summed E-state index contributed by atoms with van der Waals surface area (Å²) in [5.74, 6) is 3.56. The minimum absolute atomic E-state index is 0.864. The van der Waals surface area contributed by atoms with E-state index in [2.05, 4.69) is 41.9 Å². The monoisotopic (exact) mass is 352 g/mol. The van der Waals surface area contributed by atoms with Gasteiger partial charge in [0.1, 0.15) is 6.26 Å². The molecular formula is C16H28N6OS. The van der Waals surface area contributed by atoms with E-state index in [1.807, 2.05) is 13.1 Å². The summed E-state index contributed by atoms with van der Waals surface area (Å²) in [7, 11) is 1.88. The van der Waals surface area contributed by atoms with E-state index in [-0.39, 0.29) is 0 Å². The van der Waals surface area contributed by atoms with E-state index in [9.17, 15) is 0 Å². The third-order valence-corrected chi connectivity index (χ3v) is 5.52. The van der Waals surface area contributed by atoms with E-state index in [4.69, 9.17) is 4.52 Å². The van der Waals surface area contributed by atoms with Crippen LogP contribution in [0, 0.1) is 0 Å². The predicted octanol–water partition coefficient (Wildman–Crippen LogP) is 0.416. The average molecular weight is 353 g/mol. The van der Waals surface area contributed by atoms with Gasteiger partial charge in [0.05, 0.1) is 5.69 Å². The molecule has 1 aromatic heterocycles. The molecule has 0 radical (unpaired) electrons. The lowest BCUT2D eigenvalue weighted by atomic mass is 10.3. The molecule has 0 atom stereocenters. The van der Waals surface area contributed by atoms with Gasteiger partial charge < -0.3 is 14.7 Å². The first-order valence-electron chi connectivity index (χ1n) is 8.72. The van der Waals surface area contributed by atoms with Crippen LogP contribution in [0.15, 0.2) is 21.8 Å². The van der Waals surface area contributed by atoms with E-state index in [0.717, 1.165) is 57.5 Å². The van der Waals surface area contributed by atoms with Crippen molar-refractivity contribution in [3.8, 4) is 0 Å². The number of thioether (sulfide) groups is 1. The molecule has 134 valence electrons. The summed E-state index contributed by atoms with van der Waals surface area (Å²) in [6.07, 6.45) is 1.64. The van der Waals surface area contributed by atoms with Crippen LogP contribution in [0.4, 0.5) is 0 Å². The number of hydrogen-bond acceptors (Lipinski definition) is 6. The lowest BCUT2D eigenvalue weighted by Gasteiger charge is -2.36. The quantitative estimate of drug-likeness (QED) is 0.609. The summed E-state index contributed by atoms with van der Waals surface area (Å²) < 4.78 is 4.91. The molecule has 1 N–H and O–H groups in total. The van der Waals surface area contributed by atoms with Gasteiger partial charge in [-0.3, -0.25) is 14.8 Å². The van der Waals surface area contributed by atoms with Gasteiger partial charge in [0.25, 0.3) is 0 Å². The molecule has 0 unspecified atom stereocenters. The standard InChI is InChI=1S/C16H28N6OS/c1-17-16(18-3-4-20-9-12-24-13-10-20)22-7-5-21(6-8-22)14-15-2-11-23-19-15/h2,11H,3-10,12-14H2,1H3,(H,17,18). The van der Waals surface area contributed by atoms with Gasteiger partial charge in [-0.1, -0.05) is 5.16 Å². The van der Waals surface area contributed by atoms with Crippen LogP contribution in [0.1, 0.15) is 5.69 Å². The van der Waals surface area contributed by atoms with Gasteiger partial charge in [-0.05, 0) is 0 Å². The van der Waals surface area contributed by atoms with Gasteiger partial charge in [-0.2, -0.15) is 11.8 Å². The van der Waals surface area contributed by atoms with E-state index >= 15 is 0 Å². The summed E-state index contributed by atoms with van der Waals surface area (Å²) in [6, 6.07) is 1.94. The lowest BCUT2D eigenvalue weighted by Crippen LogP contribution is -2.53. The molecule has 24 heavy (non-hydrogen) atoms. The van der Waals surface area contributed by atoms with Gasteiger partial charge in [0.2, 0.25) is 0 Å². The number of aliphatic imine (C=N–C) groups is 1. The highest BCUT2D eigenvalue weighted by Gasteiger charge is 2.20. The highest BCUT2D eigenvalue weighted by atomic mass is 32.2. The predicted molar refractivity (Wildman–Crippen MR) is 98.5 cm³/mol. The molecule has 0 spiro atoms. The molecule has 0 aliphatic carbocycles. The Morgan fingerprint density at radius 1 is 1.21 bits per heavy atom. The van der Waals surface area contributed by atoms with Crippen molar-refractivity contribution in [2.75, 3.05) is 70.9 Å². The first-order chi connectivity index (χ1) is 11.8. The third-order valence-electron chi connectivity index (χ3n) is 4.58. The second-order valence-corrected chi connectivity index (χ2v) is 7.41. The number of nitrogens with one attached hydrogen (secondary N) is 1. The van der Waals surface area contributed by atoms with Crippen molar-refractivity contribution in [1.29, 1.82) is 0 Å². The first kappa shape index (κ1) is 17.6. The summed E-state index contributed by atoms with van der Waals surface area (Å²) in [6.45, 7) is 9.41. The zero-order valence-corrected chi connectivity index (χ0v) is 15.3. The topological polar surface area (TPSA) is 60.1 Å². The van der Waals surface area contributed by atoms with Crippen molar-refractivity contribution < 1.29 is 4.52 Å². The number of aromatic nitrogens is 1. The minimum atomic E-state index is 0.864. The van der Waals surface area contributed by atoms with Crippen molar-refractivity contribution >= 4 is 17.7 Å². The first-order valence-corrected chi connectivity index (χ1v) is 9.88. The lowest BCUT2D eigenvalue weighted by molar-refractivity contribution is 0.168. The summed E-state index contributed by atoms with van der Waals surface area (Å²) in [4.78, 5) is 11.8. The molecule has 8 heteroatoms. The van der Waals surface area contributed by atoms with Crippen molar-refractivity contribution in [3.05, 3.63) is 18.0 Å². The Balaban J connectivity index is 1.37. The van der Waals surface area contributed by atoms with Crippen LogP contribution in [0.5, 0.6) is 0 Å². The largest absolute Gasteiger partial charge is 0.364 e. The maximum atomic E-state index is 4.91. The van der Waals surface area contributed by atoms with E-state index in [1.165, 1.54) is 24.6 Å². The van der Waals surface area contributed by atoms with E-state index in [0.29, 0.717) is 0 Å². The van der Waals surface area contributed by atoms with Crippen molar-refractivity contribution in [2.45, 2.75) is 6.54 Å². The number of nitrogens with zero attached hydrogens (tertiary/aromatic N) is 5. The Morgan fingerprint density at radius 3 is 2.67 bits per heavy atom. The highest BCUT2D eigenvalue weighted by molar-refractivity contribution is 7.99. The number of rotatable bonds is 5. The highest BCUT2D eigenvalue weighted by Crippen LogP contribution is 2.09. The fourth-order valence-electron chi connectivity index (χ4n) is 3.15. The second-order valence-electron chi connectivity index (χ2n) is 6.18. The van der Waals surface area contributed by atoms with Crippen LogP contribution in [-0.4, -0.2) is 96.7 Å². The molecule has 2 saturated heterocycles. The van der Waals surface area contributed by atoms with Crippen LogP contribution in [-0.2, 0) is 6.54 Å². The Bertz CT molecular complexity index is 495. The van der Waals surface area contributed by atoms with Crippen LogP contribution >= 0.6 is 11.8 Å². The Kier molecular flexibility index (Phi) is 6.80. The zero-order chi connectivity index (χ0) is 16.6. The normalized spacial score (nSPS) is 21.2. The molecule has 2 fully saturated rings. The minimum Gasteiger partial charge on any atom is -0.364 e. The van der Waals surface area contributed by atoms with Gasteiger partial charge in [0.15, 0.2) is 5.96 Å². The van der Waals surface area contributed by atoms with Crippen LogP contribution < -0.4 is 5.32 Å².